The van der Waals surface area contributed by atoms with E-state index in [1.165, 1.54) is 11.1 Å². The molecular weight excluding hydrogens is 224 g/mol. The topological polar surface area (TPSA) is 55.9 Å². The monoisotopic (exact) mass is 244 g/mol. The highest BCUT2D eigenvalue weighted by Gasteiger charge is 2.18. The molecule has 0 radical (unpaired) electrons. The van der Waals surface area contributed by atoms with Crippen LogP contribution in [0.15, 0.2) is 36.5 Å². The lowest BCUT2D eigenvalue weighted by Crippen LogP contribution is -2.31. The maximum atomic E-state index is 5.75. The molecule has 3 N–H and O–H groups in total. The van der Waals surface area contributed by atoms with Crippen molar-refractivity contribution in [2.24, 2.45) is 5.84 Å². The summed E-state index contributed by atoms with van der Waals surface area (Å²) < 4.78 is 1.97. The van der Waals surface area contributed by atoms with Crippen LogP contribution in [0.1, 0.15) is 36.7 Å². The quantitative estimate of drug-likeness (QED) is 0.625. The van der Waals surface area contributed by atoms with Gasteiger partial charge in [0.2, 0.25) is 0 Å². The van der Waals surface area contributed by atoms with E-state index in [0.717, 1.165) is 18.7 Å². The average molecular weight is 244 g/mol. The molecule has 96 valence electrons. The Balaban J connectivity index is 2.45. The summed E-state index contributed by atoms with van der Waals surface area (Å²) in [5.41, 5.74) is 6.54. The molecule has 4 heteroatoms. The van der Waals surface area contributed by atoms with Crippen LogP contribution in [0.3, 0.4) is 0 Å². The van der Waals surface area contributed by atoms with E-state index in [0.29, 0.717) is 0 Å². The lowest BCUT2D eigenvalue weighted by molar-refractivity contribution is 0.541. The van der Waals surface area contributed by atoms with Crippen LogP contribution in [0.5, 0.6) is 0 Å². The van der Waals surface area contributed by atoms with Gasteiger partial charge >= 0.3 is 0 Å². The van der Waals surface area contributed by atoms with E-state index in [-0.39, 0.29) is 6.04 Å². The van der Waals surface area contributed by atoms with Crippen LogP contribution in [-0.4, -0.2) is 9.78 Å². The molecular formula is C14H20N4. The largest absolute Gasteiger partial charge is 0.271 e. The molecule has 0 saturated heterocycles. The van der Waals surface area contributed by atoms with Crippen molar-refractivity contribution in [3.8, 4) is 0 Å². The molecule has 0 saturated carbocycles. The van der Waals surface area contributed by atoms with Gasteiger partial charge in [0, 0.05) is 12.7 Å². The average Bonchev–Trinajstić information content (AvgIpc) is 2.88. The van der Waals surface area contributed by atoms with Gasteiger partial charge in [-0.25, -0.2) is 5.43 Å². The Hall–Kier alpha value is -1.65. The van der Waals surface area contributed by atoms with Crippen molar-refractivity contribution < 1.29 is 0 Å². The third kappa shape index (κ3) is 2.30. The van der Waals surface area contributed by atoms with Gasteiger partial charge in [0.1, 0.15) is 0 Å². The van der Waals surface area contributed by atoms with Crippen LogP contribution in [0.4, 0.5) is 0 Å². The standard InChI is InChI=1S/C14H20N4/c1-3-11-7-5-6-8-12(11)14(17-15)13-9-10-16-18(13)4-2/h5-10,14,17H,3-4,15H2,1-2H3. The zero-order chi connectivity index (χ0) is 13.0. The number of nitrogens with two attached hydrogens (primary N) is 1. The number of rotatable bonds is 5. The summed E-state index contributed by atoms with van der Waals surface area (Å²) in [6.45, 7) is 5.08. The number of aryl methyl sites for hydroxylation is 2. The molecule has 2 rings (SSSR count). The van der Waals surface area contributed by atoms with Gasteiger partial charge in [0.15, 0.2) is 0 Å². The smallest absolute Gasteiger partial charge is 0.0880 e. The first kappa shape index (κ1) is 12.8. The second-order valence-corrected chi connectivity index (χ2v) is 4.22. The van der Waals surface area contributed by atoms with Crippen molar-refractivity contribution in [2.75, 3.05) is 0 Å². The molecule has 4 nitrogen and oxygen atoms in total. The molecule has 0 aliphatic carbocycles. The fourth-order valence-electron chi connectivity index (χ4n) is 2.32. The van der Waals surface area contributed by atoms with Gasteiger partial charge in [-0.2, -0.15) is 5.10 Å². The van der Waals surface area contributed by atoms with Gasteiger partial charge in [-0.15, -0.1) is 0 Å². The number of hydrazine groups is 1. The molecule has 18 heavy (non-hydrogen) atoms. The van der Waals surface area contributed by atoms with E-state index >= 15 is 0 Å². The summed E-state index contributed by atoms with van der Waals surface area (Å²) >= 11 is 0. The van der Waals surface area contributed by atoms with E-state index in [2.05, 4.69) is 42.6 Å². The molecule has 1 aromatic heterocycles. The first-order valence-electron chi connectivity index (χ1n) is 6.37. The zero-order valence-electron chi connectivity index (χ0n) is 10.9. The first-order valence-corrected chi connectivity index (χ1v) is 6.37. The van der Waals surface area contributed by atoms with Crippen molar-refractivity contribution in [1.82, 2.24) is 15.2 Å². The van der Waals surface area contributed by atoms with Crippen molar-refractivity contribution in [3.63, 3.8) is 0 Å². The Labute approximate surface area is 108 Å². The normalized spacial score (nSPS) is 12.6. The van der Waals surface area contributed by atoms with E-state index < -0.39 is 0 Å². The zero-order valence-corrected chi connectivity index (χ0v) is 10.9. The highest BCUT2D eigenvalue weighted by Crippen LogP contribution is 2.24. The van der Waals surface area contributed by atoms with Crippen molar-refractivity contribution >= 4 is 0 Å². The fraction of sp³-hybridized carbons (Fsp3) is 0.357. The maximum Gasteiger partial charge on any atom is 0.0880 e. The van der Waals surface area contributed by atoms with E-state index in [9.17, 15) is 0 Å². The number of hydrogen-bond donors (Lipinski definition) is 2. The van der Waals surface area contributed by atoms with E-state index in [1.807, 2.05) is 23.0 Å². The number of aromatic nitrogens is 2. The molecule has 1 heterocycles. The van der Waals surface area contributed by atoms with Gasteiger partial charge in [-0.05, 0) is 30.5 Å². The summed E-state index contributed by atoms with van der Waals surface area (Å²) in [4.78, 5) is 0. The highest BCUT2D eigenvalue weighted by molar-refractivity contribution is 5.35. The number of benzene rings is 1. The van der Waals surface area contributed by atoms with Crippen molar-refractivity contribution in [3.05, 3.63) is 53.3 Å². The van der Waals surface area contributed by atoms with Gasteiger partial charge in [-0.3, -0.25) is 10.5 Å². The summed E-state index contributed by atoms with van der Waals surface area (Å²) in [5.74, 6) is 5.75. The summed E-state index contributed by atoms with van der Waals surface area (Å²) in [6, 6.07) is 10.4. The SMILES string of the molecule is CCc1ccccc1C(NN)c1ccnn1CC. The molecule has 1 atom stereocenters. The van der Waals surface area contributed by atoms with Crippen molar-refractivity contribution in [2.45, 2.75) is 32.9 Å². The molecule has 0 aliphatic rings. The molecule has 1 aromatic carbocycles. The predicted molar refractivity (Wildman–Crippen MR) is 72.9 cm³/mol. The number of hydrogen-bond acceptors (Lipinski definition) is 3. The Morgan fingerprint density at radius 2 is 2.06 bits per heavy atom. The minimum absolute atomic E-state index is 0.0106. The number of nitrogens with zero attached hydrogens (tertiary/aromatic N) is 2. The molecule has 0 amide bonds. The lowest BCUT2D eigenvalue weighted by atomic mass is 9.97. The van der Waals surface area contributed by atoms with Crippen LogP contribution in [0, 0.1) is 0 Å². The lowest BCUT2D eigenvalue weighted by Gasteiger charge is -2.20. The van der Waals surface area contributed by atoms with Crippen LogP contribution >= 0.6 is 0 Å². The predicted octanol–water partition coefficient (Wildman–Crippen LogP) is 2.02. The third-order valence-corrected chi connectivity index (χ3v) is 3.26. The first-order chi connectivity index (χ1) is 8.81. The molecule has 0 spiro atoms. The molecule has 0 bridgehead atoms. The van der Waals surface area contributed by atoms with Crippen LogP contribution in [0.2, 0.25) is 0 Å². The summed E-state index contributed by atoms with van der Waals surface area (Å²) in [7, 11) is 0. The summed E-state index contributed by atoms with van der Waals surface area (Å²) in [5, 5.41) is 4.31. The van der Waals surface area contributed by atoms with E-state index in [1.54, 1.807) is 0 Å². The van der Waals surface area contributed by atoms with Crippen LogP contribution in [0.25, 0.3) is 0 Å². The Morgan fingerprint density at radius 3 is 2.72 bits per heavy atom. The maximum absolute atomic E-state index is 5.75. The van der Waals surface area contributed by atoms with Gasteiger partial charge in [0.05, 0.1) is 11.7 Å². The number of nitrogens with one attached hydrogen (secondary N) is 1. The minimum Gasteiger partial charge on any atom is -0.271 e. The molecule has 0 aliphatic heterocycles. The molecule has 1 unspecified atom stereocenters. The van der Waals surface area contributed by atoms with Gasteiger partial charge in [0.25, 0.3) is 0 Å². The minimum atomic E-state index is -0.0106. The highest BCUT2D eigenvalue weighted by atomic mass is 15.3. The van der Waals surface area contributed by atoms with Crippen LogP contribution in [-0.2, 0) is 13.0 Å². The third-order valence-electron chi connectivity index (χ3n) is 3.26. The Bertz CT molecular complexity index is 504. The Kier molecular flexibility index (Phi) is 4.12. The fourth-order valence-corrected chi connectivity index (χ4v) is 2.32. The van der Waals surface area contributed by atoms with E-state index in [4.69, 9.17) is 5.84 Å². The van der Waals surface area contributed by atoms with Gasteiger partial charge < -0.3 is 0 Å². The summed E-state index contributed by atoms with van der Waals surface area (Å²) in [6.07, 6.45) is 2.81. The van der Waals surface area contributed by atoms with Gasteiger partial charge in [-0.1, -0.05) is 31.2 Å². The Morgan fingerprint density at radius 1 is 1.28 bits per heavy atom. The molecule has 2 aromatic rings. The van der Waals surface area contributed by atoms with Crippen LogP contribution < -0.4 is 11.3 Å². The van der Waals surface area contributed by atoms with Crippen molar-refractivity contribution in [1.29, 1.82) is 0 Å². The molecule has 0 fully saturated rings. The second kappa shape index (κ2) is 5.80. The second-order valence-electron chi connectivity index (χ2n) is 4.22.